The Kier molecular flexibility index (Phi) is 3.20. The van der Waals surface area contributed by atoms with Crippen LogP contribution in [0.25, 0.3) is 11.0 Å². The van der Waals surface area contributed by atoms with Gasteiger partial charge < -0.3 is 10.3 Å². The highest BCUT2D eigenvalue weighted by Crippen LogP contribution is 2.11. The second-order valence-electron chi connectivity index (χ2n) is 4.74. The normalized spacial score (nSPS) is 12.4. The molecule has 0 radical (unpaired) electrons. The summed E-state index contributed by atoms with van der Waals surface area (Å²) >= 11 is 0. The van der Waals surface area contributed by atoms with Crippen molar-refractivity contribution in [3.8, 4) is 0 Å². The second-order valence-corrected chi connectivity index (χ2v) is 4.74. The van der Waals surface area contributed by atoms with E-state index < -0.39 is 0 Å². The number of rotatable bonds is 4. The lowest BCUT2D eigenvalue weighted by molar-refractivity contribution is 0.0936. The Morgan fingerprint density at radius 2 is 2.40 bits per heavy atom. The third kappa shape index (κ3) is 2.54. The molecule has 2 aromatic heterocycles. The van der Waals surface area contributed by atoms with Crippen molar-refractivity contribution in [2.75, 3.05) is 0 Å². The zero-order chi connectivity index (χ0) is 13.9. The van der Waals surface area contributed by atoms with Crippen LogP contribution in [0.3, 0.4) is 0 Å². The molecule has 0 saturated heterocycles. The van der Waals surface area contributed by atoms with Gasteiger partial charge in [-0.05, 0) is 31.2 Å². The van der Waals surface area contributed by atoms with Crippen LogP contribution in [-0.4, -0.2) is 31.7 Å². The SMILES string of the molecule is CC(Cn1cccn1)NC(=O)c1ccc2nc[nH]c2c1. The zero-order valence-electron chi connectivity index (χ0n) is 11.1. The van der Waals surface area contributed by atoms with E-state index in [0.29, 0.717) is 12.1 Å². The molecule has 0 saturated carbocycles. The molecular formula is C14H15N5O. The monoisotopic (exact) mass is 269 g/mol. The van der Waals surface area contributed by atoms with Crippen LogP contribution in [0.15, 0.2) is 43.0 Å². The second kappa shape index (κ2) is 5.16. The molecule has 1 atom stereocenters. The number of nitrogens with one attached hydrogen (secondary N) is 2. The van der Waals surface area contributed by atoms with Crippen molar-refractivity contribution in [1.29, 1.82) is 0 Å². The van der Waals surface area contributed by atoms with Crippen LogP contribution >= 0.6 is 0 Å². The van der Waals surface area contributed by atoms with Gasteiger partial charge in [0.15, 0.2) is 0 Å². The fourth-order valence-corrected chi connectivity index (χ4v) is 2.12. The summed E-state index contributed by atoms with van der Waals surface area (Å²) in [7, 11) is 0. The van der Waals surface area contributed by atoms with E-state index >= 15 is 0 Å². The molecule has 0 aliphatic rings. The molecule has 20 heavy (non-hydrogen) atoms. The van der Waals surface area contributed by atoms with Crippen molar-refractivity contribution >= 4 is 16.9 Å². The minimum atomic E-state index is -0.0962. The lowest BCUT2D eigenvalue weighted by Crippen LogP contribution is -2.35. The number of hydrogen-bond donors (Lipinski definition) is 2. The van der Waals surface area contributed by atoms with Crippen LogP contribution in [0.1, 0.15) is 17.3 Å². The van der Waals surface area contributed by atoms with E-state index in [1.165, 1.54) is 0 Å². The first-order valence-electron chi connectivity index (χ1n) is 6.44. The van der Waals surface area contributed by atoms with E-state index in [-0.39, 0.29) is 11.9 Å². The van der Waals surface area contributed by atoms with Crippen molar-refractivity contribution in [2.45, 2.75) is 19.5 Å². The highest BCUT2D eigenvalue weighted by Gasteiger charge is 2.11. The summed E-state index contributed by atoms with van der Waals surface area (Å²) in [5.74, 6) is -0.0962. The molecule has 1 aromatic carbocycles. The van der Waals surface area contributed by atoms with E-state index in [1.54, 1.807) is 29.3 Å². The summed E-state index contributed by atoms with van der Waals surface area (Å²) in [5, 5.41) is 7.08. The molecule has 3 aromatic rings. The quantitative estimate of drug-likeness (QED) is 0.755. The molecule has 6 nitrogen and oxygen atoms in total. The van der Waals surface area contributed by atoms with Gasteiger partial charge in [-0.3, -0.25) is 9.48 Å². The third-order valence-electron chi connectivity index (χ3n) is 3.08. The molecule has 0 aliphatic carbocycles. The Hall–Kier alpha value is -2.63. The van der Waals surface area contributed by atoms with Gasteiger partial charge in [-0.25, -0.2) is 4.98 Å². The van der Waals surface area contributed by atoms with Gasteiger partial charge in [0.2, 0.25) is 0 Å². The van der Waals surface area contributed by atoms with Gasteiger partial charge in [0.25, 0.3) is 5.91 Å². The molecule has 0 spiro atoms. The van der Waals surface area contributed by atoms with E-state index in [0.717, 1.165) is 11.0 Å². The molecule has 102 valence electrons. The number of nitrogens with zero attached hydrogens (tertiary/aromatic N) is 3. The van der Waals surface area contributed by atoms with Crippen LogP contribution < -0.4 is 5.32 Å². The number of amides is 1. The number of imidazole rings is 1. The summed E-state index contributed by atoms with van der Waals surface area (Å²) in [5.41, 5.74) is 2.33. The van der Waals surface area contributed by atoms with Crippen molar-refractivity contribution in [3.05, 3.63) is 48.5 Å². The topological polar surface area (TPSA) is 75.6 Å². The van der Waals surface area contributed by atoms with E-state index in [1.807, 2.05) is 25.3 Å². The summed E-state index contributed by atoms with van der Waals surface area (Å²) in [6.07, 6.45) is 5.21. The van der Waals surface area contributed by atoms with Gasteiger partial charge in [0, 0.05) is 24.0 Å². The number of benzene rings is 1. The predicted octanol–water partition coefficient (Wildman–Crippen LogP) is 1.58. The standard InChI is InChI=1S/C14H15N5O/c1-10(8-19-6-2-5-17-19)18-14(20)11-3-4-12-13(7-11)16-9-15-12/h2-7,9-10H,8H2,1H3,(H,15,16)(H,18,20). The Bertz CT molecular complexity index is 716. The predicted molar refractivity (Wildman–Crippen MR) is 75.2 cm³/mol. The van der Waals surface area contributed by atoms with Crippen LogP contribution in [0, 0.1) is 0 Å². The average Bonchev–Trinajstić information content (AvgIpc) is 3.07. The van der Waals surface area contributed by atoms with Gasteiger partial charge in [-0.15, -0.1) is 0 Å². The number of carbonyl (C=O) groups is 1. The van der Waals surface area contributed by atoms with E-state index in [4.69, 9.17) is 0 Å². The first-order chi connectivity index (χ1) is 9.72. The Morgan fingerprint density at radius 1 is 1.50 bits per heavy atom. The molecule has 0 fully saturated rings. The minimum absolute atomic E-state index is 0.000126. The third-order valence-corrected chi connectivity index (χ3v) is 3.08. The van der Waals surface area contributed by atoms with Crippen molar-refractivity contribution < 1.29 is 4.79 Å². The molecule has 1 unspecified atom stereocenters. The summed E-state index contributed by atoms with van der Waals surface area (Å²) < 4.78 is 1.79. The molecular weight excluding hydrogens is 254 g/mol. The van der Waals surface area contributed by atoms with Crippen LogP contribution in [-0.2, 0) is 6.54 Å². The fraction of sp³-hybridized carbons (Fsp3) is 0.214. The maximum absolute atomic E-state index is 12.2. The first kappa shape index (κ1) is 12.4. The molecule has 6 heteroatoms. The summed E-state index contributed by atoms with van der Waals surface area (Å²) in [6.45, 7) is 2.60. The Morgan fingerprint density at radius 3 is 3.20 bits per heavy atom. The van der Waals surface area contributed by atoms with E-state index in [9.17, 15) is 4.79 Å². The summed E-state index contributed by atoms with van der Waals surface area (Å²) in [6, 6.07) is 7.27. The number of carbonyl (C=O) groups excluding carboxylic acids is 1. The van der Waals surface area contributed by atoms with Gasteiger partial charge in [-0.2, -0.15) is 5.10 Å². The Balaban J connectivity index is 1.68. The summed E-state index contributed by atoms with van der Waals surface area (Å²) in [4.78, 5) is 19.3. The van der Waals surface area contributed by atoms with Gasteiger partial charge in [0.05, 0.1) is 23.9 Å². The maximum Gasteiger partial charge on any atom is 0.251 e. The van der Waals surface area contributed by atoms with Crippen LogP contribution in [0.5, 0.6) is 0 Å². The average molecular weight is 269 g/mol. The van der Waals surface area contributed by atoms with Crippen LogP contribution in [0.2, 0.25) is 0 Å². The van der Waals surface area contributed by atoms with Gasteiger partial charge >= 0.3 is 0 Å². The molecule has 1 amide bonds. The highest BCUT2D eigenvalue weighted by molar-refractivity contribution is 5.97. The Labute approximate surface area is 115 Å². The number of H-pyrrole nitrogens is 1. The van der Waals surface area contributed by atoms with Gasteiger partial charge in [-0.1, -0.05) is 0 Å². The zero-order valence-corrected chi connectivity index (χ0v) is 11.1. The van der Waals surface area contributed by atoms with Crippen LogP contribution in [0.4, 0.5) is 0 Å². The fourth-order valence-electron chi connectivity index (χ4n) is 2.12. The molecule has 0 bridgehead atoms. The molecule has 3 rings (SSSR count). The molecule has 2 N–H and O–H groups in total. The number of fused-ring (bicyclic) bond motifs is 1. The molecule has 2 heterocycles. The van der Waals surface area contributed by atoms with E-state index in [2.05, 4.69) is 20.4 Å². The number of aromatic amines is 1. The largest absolute Gasteiger partial charge is 0.348 e. The minimum Gasteiger partial charge on any atom is -0.348 e. The maximum atomic E-state index is 12.2. The number of aromatic nitrogens is 4. The molecule has 0 aliphatic heterocycles. The first-order valence-corrected chi connectivity index (χ1v) is 6.44. The van der Waals surface area contributed by atoms with Crippen molar-refractivity contribution in [2.24, 2.45) is 0 Å². The van der Waals surface area contributed by atoms with Crippen molar-refractivity contribution in [3.63, 3.8) is 0 Å². The smallest absolute Gasteiger partial charge is 0.251 e. The highest BCUT2D eigenvalue weighted by atomic mass is 16.1. The van der Waals surface area contributed by atoms with Gasteiger partial charge in [0.1, 0.15) is 0 Å². The van der Waals surface area contributed by atoms with Crippen molar-refractivity contribution in [1.82, 2.24) is 25.1 Å². The lowest BCUT2D eigenvalue weighted by Gasteiger charge is -2.14. The number of hydrogen-bond acceptors (Lipinski definition) is 3. The lowest BCUT2D eigenvalue weighted by atomic mass is 10.1.